The zero-order chi connectivity index (χ0) is 17.1. The van der Waals surface area contributed by atoms with E-state index in [9.17, 15) is 4.79 Å². The molecule has 7 heteroatoms. The molecule has 0 saturated heterocycles. The number of amides is 1. The molecule has 0 aliphatic carbocycles. The molecule has 3 N–H and O–H groups in total. The van der Waals surface area contributed by atoms with Gasteiger partial charge < -0.3 is 15.6 Å². The van der Waals surface area contributed by atoms with E-state index in [0.29, 0.717) is 6.54 Å². The molecule has 25 heavy (non-hydrogen) atoms. The molecule has 0 unspecified atom stereocenters. The number of benzene rings is 1. The fraction of sp³-hybridized carbons (Fsp3) is 0.278. The molecule has 6 nitrogen and oxygen atoms in total. The van der Waals surface area contributed by atoms with Crippen molar-refractivity contribution in [2.75, 3.05) is 13.1 Å². The van der Waals surface area contributed by atoms with Crippen molar-refractivity contribution in [2.24, 2.45) is 0 Å². The maximum atomic E-state index is 12.4. The molecule has 1 amide bonds. The van der Waals surface area contributed by atoms with Crippen LogP contribution in [0.1, 0.15) is 22.4 Å². The Morgan fingerprint density at radius 3 is 3.08 bits per heavy atom. The Labute approximate surface area is 149 Å². The van der Waals surface area contributed by atoms with E-state index in [1.165, 1.54) is 0 Å². The molecule has 4 rings (SSSR count). The Morgan fingerprint density at radius 1 is 1.32 bits per heavy atom. The van der Waals surface area contributed by atoms with Gasteiger partial charge in [-0.3, -0.25) is 4.79 Å². The molecule has 0 spiro atoms. The summed E-state index contributed by atoms with van der Waals surface area (Å²) in [5.41, 5.74) is 3.96. The highest BCUT2D eigenvalue weighted by molar-refractivity contribution is 7.09. The summed E-state index contributed by atoms with van der Waals surface area (Å²) in [7, 11) is 0. The molecule has 1 aromatic carbocycles. The number of carbonyl (C=O) groups excluding carboxylic acids is 1. The average molecular weight is 353 g/mol. The first kappa shape index (κ1) is 16.0. The zero-order valence-corrected chi connectivity index (χ0v) is 14.5. The number of imidazole rings is 1. The molecule has 0 bridgehead atoms. The van der Waals surface area contributed by atoms with E-state index >= 15 is 0 Å². The van der Waals surface area contributed by atoms with E-state index in [1.54, 1.807) is 17.7 Å². The first-order chi connectivity index (χ1) is 12.3. The van der Waals surface area contributed by atoms with Crippen molar-refractivity contribution >= 4 is 17.2 Å². The molecule has 0 saturated carbocycles. The van der Waals surface area contributed by atoms with E-state index in [-0.39, 0.29) is 11.9 Å². The van der Waals surface area contributed by atoms with Gasteiger partial charge in [0.2, 0.25) is 5.91 Å². The number of hydrogen-bond donors (Lipinski definition) is 3. The second-order valence-electron chi connectivity index (χ2n) is 5.94. The van der Waals surface area contributed by atoms with Crippen LogP contribution in [0.2, 0.25) is 0 Å². The lowest BCUT2D eigenvalue weighted by Gasteiger charge is -2.22. The monoisotopic (exact) mass is 353 g/mol. The van der Waals surface area contributed by atoms with E-state index in [1.807, 2.05) is 18.2 Å². The highest BCUT2D eigenvalue weighted by Crippen LogP contribution is 2.22. The quantitative estimate of drug-likeness (QED) is 0.656. The SMILES string of the molecule is O=C(NCCc1nc(-c2ccccc2)cs1)[C@H]1NCCc2[nH]cnc21. The number of aromatic amines is 1. The Kier molecular flexibility index (Phi) is 4.58. The van der Waals surface area contributed by atoms with Crippen LogP contribution in [0.3, 0.4) is 0 Å². The lowest BCUT2D eigenvalue weighted by atomic mass is 10.1. The molecule has 1 aliphatic rings. The van der Waals surface area contributed by atoms with Gasteiger partial charge in [0.05, 0.1) is 22.7 Å². The van der Waals surface area contributed by atoms with Gasteiger partial charge in [-0.25, -0.2) is 9.97 Å². The number of hydrogen-bond acceptors (Lipinski definition) is 5. The third-order valence-corrected chi connectivity index (χ3v) is 5.18. The number of nitrogens with zero attached hydrogens (tertiary/aromatic N) is 2. The van der Waals surface area contributed by atoms with Crippen molar-refractivity contribution in [3.05, 3.63) is 58.4 Å². The van der Waals surface area contributed by atoms with Gasteiger partial charge in [-0.1, -0.05) is 30.3 Å². The number of nitrogens with one attached hydrogen (secondary N) is 3. The highest BCUT2D eigenvalue weighted by Gasteiger charge is 2.28. The van der Waals surface area contributed by atoms with Crippen LogP contribution in [0, 0.1) is 0 Å². The fourth-order valence-corrected chi connectivity index (χ4v) is 3.80. The molecule has 128 valence electrons. The molecule has 2 aromatic heterocycles. The predicted molar refractivity (Wildman–Crippen MR) is 97.3 cm³/mol. The molecule has 1 aliphatic heterocycles. The maximum absolute atomic E-state index is 12.4. The zero-order valence-electron chi connectivity index (χ0n) is 13.7. The van der Waals surface area contributed by atoms with Crippen LogP contribution in [-0.2, 0) is 17.6 Å². The van der Waals surface area contributed by atoms with Gasteiger partial charge >= 0.3 is 0 Å². The lowest BCUT2D eigenvalue weighted by Crippen LogP contribution is -2.42. The van der Waals surface area contributed by atoms with Gasteiger partial charge in [0.1, 0.15) is 6.04 Å². The number of carbonyl (C=O) groups is 1. The third kappa shape index (κ3) is 3.47. The van der Waals surface area contributed by atoms with E-state index in [4.69, 9.17) is 0 Å². The summed E-state index contributed by atoms with van der Waals surface area (Å²) in [5, 5.41) is 9.30. The van der Waals surface area contributed by atoms with Gasteiger partial charge in [-0.15, -0.1) is 11.3 Å². The molecular weight excluding hydrogens is 334 g/mol. The summed E-state index contributed by atoms with van der Waals surface area (Å²) < 4.78 is 0. The van der Waals surface area contributed by atoms with E-state index < -0.39 is 0 Å². The molecule has 3 aromatic rings. The predicted octanol–water partition coefficient (Wildman–Crippen LogP) is 2.08. The summed E-state index contributed by atoms with van der Waals surface area (Å²) in [6, 6.07) is 9.75. The number of thiazole rings is 1. The van der Waals surface area contributed by atoms with Gasteiger partial charge in [0.15, 0.2) is 0 Å². The van der Waals surface area contributed by atoms with Crippen LogP contribution in [0.25, 0.3) is 11.3 Å². The van der Waals surface area contributed by atoms with Gasteiger partial charge in [-0.05, 0) is 0 Å². The topological polar surface area (TPSA) is 82.7 Å². The first-order valence-electron chi connectivity index (χ1n) is 8.34. The molecular formula is C18H19N5OS. The van der Waals surface area contributed by atoms with Crippen LogP contribution < -0.4 is 10.6 Å². The Bertz CT molecular complexity index is 857. The number of fused-ring (bicyclic) bond motifs is 1. The normalized spacial score (nSPS) is 16.4. The average Bonchev–Trinajstić information content (AvgIpc) is 3.31. The smallest absolute Gasteiger partial charge is 0.243 e. The third-order valence-electron chi connectivity index (χ3n) is 4.27. The van der Waals surface area contributed by atoms with Crippen LogP contribution in [0.4, 0.5) is 0 Å². The Hall–Kier alpha value is -2.51. The summed E-state index contributed by atoms with van der Waals surface area (Å²) in [5.74, 6) is -0.0344. The minimum Gasteiger partial charge on any atom is -0.354 e. The van der Waals surface area contributed by atoms with Crippen molar-refractivity contribution in [1.29, 1.82) is 0 Å². The minimum atomic E-state index is -0.369. The summed E-state index contributed by atoms with van der Waals surface area (Å²) in [6.07, 6.45) is 3.25. The van der Waals surface area contributed by atoms with Gasteiger partial charge in [0.25, 0.3) is 0 Å². The van der Waals surface area contributed by atoms with E-state index in [2.05, 4.69) is 43.1 Å². The van der Waals surface area contributed by atoms with Gasteiger partial charge in [-0.2, -0.15) is 0 Å². The molecule has 0 radical (unpaired) electrons. The maximum Gasteiger partial charge on any atom is 0.243 e. The standard InChI is InChI=1S/C18H19N5OS/c24-18(17-16-13(6-8-19-17)21-11-22-16)20-9-7-15-23-14(10-25-15)12-4-2-1-3-5-12/h1-5,10-11,17,19H,6-9H2,(H,20,24)(H,21,22)/t17-/m0/s1. The van der Waals surface area contributed by atoms with Crippen molar-refractivity contribution < 1.29 is 4.79 Å². The van der Waals surface area contributed by atoms with Crippen molar-refractivity contribution in [3.63, 3.8) is 0 Å². The lowest BCUT2D eigenvalue weighted by molar-refractivity contribution is -0.123. The number of rotatable bonds is 5. The van der Waals surface area contributed by atoms with Crippen molar-refractivity contribution in [2.45, 2.75) is 18.9 Å². The Balaban J connectivity index is 1.33. The highest BCUT2D eigenvalue weighted by atomic mass is 32.1. The van der Waals surface area contributed by atoms with Crippen molar-refractivity contribution in [3.8, 4) is 11.3 Å². The van der Waals surface area contributed by atoms with Crippen LogP contribution in [0.15, 0.2) is 42.0 Å². The van der Waals surface area contributed by atoms with Crippen LogP contribution in [-0.4, -0.2) is 33.9 Å². The summed E-state index contributed by atoms with van der Waals surface area (Å²) in [6.45, 7) is 1.35. The largest absolute Gasteiger partial charge is 0.354 e. The number of H-pyrrole nitrogens is 1. The van der Waals surface area contributed by atoms with Crippen molar-refractivity contribution in [1.82, 2.24) is 25.6 Å². The van der Waals surface area contributed by atoms with Crippen LogP contribution >= 0.6 is 11.3 Å². The second kappa shape index (κ2) is 7.16. The molecule has 1 atom stereocenters. The summed E-state index contributed by atoms with van der Waals surface area (Å²) >= 11 is 1.63. The minimum absolute atomic E-state index is 0.0344. The van der Waals surface area contributed by atoms with Crippen LogP contribution in [0.5, 0.6) is 0 Å². The fourth-order valence-electron chi connectivity index (χ4n) is 3.00. The van der Waals surface area contributed by atoms with E-state index in [0.717, 1.165) is 47.0 Å². The first-order valence-corrected chi connectivity index (χ1v) is 9.22. The second-order valence-corrected chi connectivity index (χ2v) is 6.88. The summed E-state index contributed by atoms with van der Waals surface area (Å²) in [4.78, 5) is 24.5. The molecule has 3 heterocycles. The Morgan fingerprint density at radius 2 is 2.20 bits per heavy atom. The van der Waals surface area contributed by atoms with Gasteiger partial charge in [0, 0.05) is 42.6 Å². The number of aromatic nitrogens is 3. The molecule has 0 fully saturated rings.